The number of nitrogens with one attached hydrogen (secondary N) is 1. The van der Waals surface area contributed by atoms with Crippen molar-refractivity contribution in [3.8, 4) is 0 Å². The fraction of sp³-hybridized carbons (Fsp3) is 0.250. The molecule has 0 aromatic rings. The fourth-order valence-corrected chi connectivity index (χ4v) is 0.914. The van der Waals surface area contributed by atoms with Crippen molar-refractivity contribution in [2.24, 2.45) is 0 Å². The second kappa shape index (κ2) is 2.69. The summed E-state index contributed by atoms with van der Waals surface area (Å²) < 4.78 is 36.6. The first-order chi connectivity index (χ1) is 5.41. The zero-order valence-electron chi connectivity index (χ0n) is 6.50. The molecular formula is C8H8F3N. The normalized spacial score (nSPS) is 18.2. The molecule has 0 aromatic carbocycles. The van der Waals surface area contributed by atoms with Crippen molar-refractivity contribution in [3.05, 3.63) is 35.7 Å². The van der Waals surface area contributed by atoms with Gasteiger partial charge in [-0.2, -0.15) is 13.2 Å². The van der Waals surface area contributed by atoms with Gasteiger partial charge < -0.3 is 5.32 Å². The maximum atomic E-state index is 12.2. The van der Waals surface area contributed by atoms with E-state index in [2.05, 4.69) is 11.9 Å². The van der Waals surface area contributed by atoms with Crippen LogP contribution in [0.4, 0.5) is 13.2 Å². The van der Waals surface area contributed by atoms with Crippen molar-refractivity contribution in [2.75, 3.05) is 0 Å². The molecule has 12 heavy (non-hydrogen) atoms. The van der Waals surface area contributed by atoms with E-state index in [9.17, 15) is 13.2 Å². The topological polar surface area (TPSA) is 12.0 Å². The van der Waals surface area contributed by atoms with E-state index < -0.39 is 11.7 Å². The molecule has 0 spiro atoms. The van der Waals surface area contributed by atoms with Crippen LogP contribution in [-0.2, 0) is 0 Å². The molecule has 0 radical (unpaired) electrons. The number of rotatable bonds is 0. The van der Waals surface area contributed by atoms with Crippen LogP contribution in [0.25, 0.3) is 0 Å². The zero-order valence-corrected chi connectivity index (χ0v) is 6.50. The molecule has 1 heterocycles. The Hall–Kier alpha value is -1.19. The minimum atomic E-state index is -4.29. The Morgan fingerprint density at radius 3 is 2.42 bits per heavy atom. The predicted octanol–water partition coefficient (Wildman–Crippen LogP) is 2.50. The van der Waals surface area contributed by atoms with E-state index in [0.717, 1.165) is 6.08 Å². The van der Waals surface area contributed by atoms with E-state index in [1.54, 1.807) is 0 Å². The average Bonchev–Trinajstić information content (AvgIpc) is 1.92. The Kier molecular flexibility index (Phi) is 2.00. The van der Waals surface area contributed by atoms with E-state index in [4.69, 9.17) is 0 Å². The zero-order chi connectivity index (χ0) is 9.35. The summed E-state index contributed by atoms with van der Waals surface area (Å²) in [6.07, 6.45) is -1.99. The van der Waals surface area contributed by atoms with Crippen molar-refractivity contribution < 1.29 is 13.2 Å². The number of allylic oxidation sites excluding steroid dienone is 3. The van der Waals surface area contributed by atoms with Crippen LogP contribution in [0, 0.1) is 0 Å². The van der Waals surface area contributed by atoms with Crippen LogP contribution in [0.3, 0.4) is 0 Å². The predicted molar refractivity (Wildman–Crippen MR) is 40.2 cm³/mol. The molecule has 1 nitrogen and oxygen atoms in total. The molecular weight excluding hydrogens is 167 g/mol. The van der Waals surface area contributed by atoms with Gasteiger partial charge in [0.1, 0.15) is 0 Å². The van der Waals surface area contributed by atoms with Gasteiger partial charge in [-0.25, -0.2) is 0 Å². The maximum Gasteiger partial charge on any atom is 0.416 e. The highest BCUT2D eigenvalue weighted by molar-refractivity contribution is 5.42. The van der Waals surface area contributed by atoms with Crippen LogP contribution in [0.1, 0.15) is 6.92 Å². The molecule has 66 valence electrons. The van der Waals surface area contributed by atoms with Gasteiger partial charge in [0, 0.05) is 11.9 Å². The van der Waals surface area contributed by atoms with Gasteiger partial charge in [-0.3, -0.25) is 0 Å². The summed E-state index contributed by atoms with van der Waals surface area (Å²) in [6.45, 7) is 4.78. The third-order valence-electron chi connectivity index (χ3n) is 1.52. The van der Waals surface area contributed by atoms with Crippen molar-refractivity contribution in [1.82, 2.24) is 5.32 Å². The quantitative estimate of drug-likeness (QED) is 0.596. The lowest BCUT2D eigenvalue weighted by molar-refractivity contribution is -0.0895. The van der Waals surface area contributed by atoms with Crippen LogP contribution in [0.5, 0.6) is 0 Å². The lowest BCUT2D eigenvalue weighted by atomic mass is 10.1. The Balaban J connectivity index is 3.02. The molecule has 0 bridgehead atoms. The smallest absolute Gasteiger partial charge is 0.362 e. The van der Waals surface area contributed by atoms with Gasteiger partial charge in [0.25, 0.3) is 0 Å². The van der Waals surface area contributed by atoms with Gasteiger partial charge in [0.15, 0.2) is 0 Å². The molecule has 0 amide bonds. The number of halogens is 3. The molecule has 0 saturated carbocycles. The lowest BCUT2D eigenvalue weighted by Gasteiger charge is -2.17. The SMILES string of the molecule is C=C1C=C(C(F)(F)F)C(C)=CN1. The third kappa shape index (κ3) is 1.69. The summed E-state index contributed by atoms with van der Waals surface area (Å²) in [5.41, 5.74) is -0.200. The van der Waals surface area contributed by atoms with E-state index >= 15 is 0 Å². The first kappa shape index (κ1) is 8.90. The largest absolute Gasteiger partial charge is 0.416 e. The van der Waals surface area contributed by atoms with E-state index in [0.29, 0.717) is 0 Å². The summed E-state index contributed by atoms with van der Waals surface area (Å²) in [4.78, 5) is 0. The highest BCUT2D eigenvalue weighted by Gasteiger charge is 2.35. The number of hydrogen-bond donors (Lipinski definition) is 1. The highest BCUT2D eigenvalue weighted by atomic mass is 19.4. The summed E-state index contributed by atoms with van der Waals surface area (Å²) in [5, 5.41) is 2.60. The molecule has 1 N–H and O–H groups in total. The Morgan fingerprint density at radius 1 is 1.42 bits per heavy atom. The molecule has 0 aromatic heterocycles. The van der Waals surface area contributed by atoms with Gasteiger partial charge in [-0.05, 0) is 18.6 Å². The van der Waals surface area contributed by atoms with Crippen LogP contribution in [0.2, 0.25) is 0 Å². The van der Waals surface area contributed by atoms with Crippen molar-refractivity contribution in [3.63, 3.8) is 0 Å². The molecule has 0 aliphatic carbocycles. The second-order valence-corrected chi connectivity index (χ2v) is 2.55. The van der Waals surface area contributed by atoms with E-state index in [-0.39, 0.29) is 11.3 Å². The summed E-state index contributed by atoms with van der Waals surface area (Å²) >= 11 is 0. The molecule has 1 aliphatic heterocycles. The summed E-state index contributed by atoms with van der Waals surface area (Å²) in [5.74, 6) is 0. The molecule has 0 fully saturated rings. The van der Waals surface area contributed by atoms with Gasteiger partial charge in [0.05, 0.1) is 5.57 Å². The molecule has 1 aliphatic rings. The van der Waals surface area contributed by atoms with Gasteiger partial charge in [-0.1, -0.05) is 6.58 Å². The van der Waals surface area contributed by atoms with Gasteiger partial charge in [0.2, 0.25) is 0 Å². The first-order valence-corrected chi connectivity index (χ1v) is 3.33. The van der Waals surface area contributed by atoms with Crippen molar-refractivity contribution >= 4 is 0 Å². The molecule has 4 heteroatoms. The summed E-state index contributed by atoms with van der Waals surface area (Å²) in [6, 6.07) is 0. The number of hydrogen-bond acceptors (Lipinski definition) is 1. The van der Waals surface area contributed by atoms with E-state index in [1.807, 2.05) is 0 Å². The van der Waals surface area contributed by atoms with Crippen LogP contribution < -0.4 is 5.32 Å². The third-order valence-corrected chi connectivity index (χ3v) is 1.52. The summed E-state index contributed by atoms with van der Waals surface area (Å²) in [7, 11) is 0. The fourth-order valence-electron chi connectivity index (χ4n) is 0.914. The Bertz CT molecular complexity index is 271. The highest BCUT2D eigenvalue weighted by Crippen LogP contribution is 2.32. The van der Waals surface area contributed by atoms with Crippen molar-refractivity contribution in [1.29, 1.82) is 0 Å². The van der Waals surface area contributed by atoms with Crippen molar-refractivity contribution in [2.45, 2.75) is 13.1 Å². The standard InChI is InChI=1S/C8H8F3N/c1-5-4-12-6(2)3-7(5)8(9,10)11/h3-4,12H,2H2,1H3. The monoisotopic (exact) mass is 175 g/mol. The molecule has 1 rings (SSSR count). The minimum Gasteiger partial charge on any atom is -0.362 e. The number of dihydropyridines is 1. The average molecular weight is 175 g/mol. The first-order valence-electron chi connectivity index (χ1n) is 3.33. The number of alkyl halides is 3. The van der Waals surface area contributed by atoms with Gasteiger partial charge >= 0.3 is 6.18 Å². The Labute approximate surface area is 68.3 Å². The van der Waals surface area contributed by atoms with Crippen LogP contribution >= 0.6 is 0 Å². The van der Waals surface area contributed by atoms with Gasteiger partial charge in [-0.15, -0.1) is 0 Å². The molecule has 0 saturated heterocycles. The maximum absolute atomic E-state index is 12.2. The Morgan fingerprint density at radius 2 is 2.00 bits per heavy atom. The van der Waals surface area contributed by atoms with Crippen LogP contribution in [-0.4, -0.2) is 6.18 Å². The second-order valence-electron chi connectivity index (χ2n) is 2.55. The molecule has 0 unspecified atom stereocenters. The lowest BCUT2D eigenvalue weighted by Crippen LogP contribution is -2.19. The molecule has 0 atom stereocenters. The van der Waals surface area contributed by atoms with E-state index in [1.165, 1.54) is 13.1 Å². The van der Waals surface area contributed by atoms with Crippen LogP contribution in [0.15, 0.2) is 35.7 Å². The minimum absolute atomic E-state index is 0.176.